The second-order valence-electron chi connectivity index (χ2n) is 9.77. The van der Waals surface area contributed by atoms with Crippen LogP contribution in [0.25, 0.3) is 10.2 Å². The number of carbonyl (C=O) groups excluding carboxylic acids is 4. The van der Waals surface area contributed by atoms with Gasteiger partial charge in [-0.1, -0.05) is 36.1 Å². The third-order valence-electron chi connectivity index (χ3n) is 6.39. The highest BCUT2D eigenvalue weighted by Gasteiger charge is 2.14. The number of hydrogen-bond donors (Lipinski definition) is 1. The molecule has 0 amide bonds. The van der Waals surface area contributed by atoms with Gasteiger partial charge in [-0.2, -0.15) is 5.10 Å². The van der Waals surface area contributed by atoms with E-state index in [9.17, 15) is 19.2 Å². The first kappa shape index (κ1) is 32.3. The number of esters is 4. The summed E-state index contributed by atoms with van der Waals surface area (Å²) in [7, 11) is 0. The van der Waals surface area contributed by atoms with E-state index in [2.05, 4.69) is 22.1 Å². The molecule has 0 unspecified atom stereocenters. The molecule has 0 fully saturated rings. The van der Waals surface area contributed by atoms with Gasteiger partial charge in [0.05, 0.1) is 34.2 Å². The van der Waals surface area contributed by atoms with E-state index in [1.54, 1.807) is 18.2 Å². The van der Waals surface area contributed by atoms with Crippen LogP contribution in [-0.4, -0.2) is 41.7 Å². The fourth-order valence-electron chi connectivity index (χ4n) is 4.17. The van der Waals surface area contributed by atoms with Crippen molar-refractivity contribution in [1.29, 1.82) is 0 Å². The first-order valence-corrected chi connectivity index (χ1v) is 15.0. The minimum absolute atomic E-state index is 0.0764. The van der Waals surface area contributed by atoms with Crippen LogP contribution >= 0.6 is 11.3 Å². The van der Waals surface area contributed by atoms with Crippen molar-refractivity contribution < 1.29 is 38.1 Å². The summed E-state index contributed by atoms with van der Waals surface area (Å²) in [6.07, 6.45) is 2.91. The Labute approximate surface area is 273 Å². The molecule has 5 aromatic rings. The Balaban J connectivity index is 1.28. The molecule has 0 spiro atoms. The minimum atomic E-state index is -0.637. The molecule has 1 aromatic heterocycles. The highest BCUT2D eigenvalue weighted by Crippen LogP contribution is 2.26. The Morgan fingerprint density at radius 2 is 1.53 bits per heavy atom. The zero-order valence-electron chi connectivity index (χ0n) is 25.0. The molecule has 0 aliphatic heterocycles. The second kappa shape index (κ2) is 15.2. The number of carbonyl (C=O) groups is 4. The van der Waals surface area contributed by atoms with Gasteiger partial charge in [0.25, 0.3) is 0 Å². The van der Waals surface area contributed by atoms with Gasteiger partial charge in [0, 0.05) is 25.0 Å². The van der Waals surface area contributed by atoms with Gasteiger partial charge in [0.1, 0.15) is 17.2 Å². The van der Waals surface area contributed by atoms with E-state index in [0.29, 0.717) is 28.4 Å². The maximum absolute atomic E-state index is 13.0. The predicted octanol–water partition coefficient (Wildman–Crippen LogP) is 6.38. The number of aromatic nitrogens is 1. The lowest BCUT2D eigenvalue weighted by molar-refractivity contribution is -0.132. The largest absolute Gasteiger partial charge is 0.462 e. The fraction of sp³-hybridized carbons (Fsp3) is 0.0857. The molecular weight excluding hydrogens is 622 g/mol. The van der Waals surface area contributed by atoms with Gasteiger partial charge in [-0.25, -0.2) is 19.4 Å². The van der Waals surface area contributed by atoms with E-state index < -0.39 is 23.9 Å². The smallest absolute Gasteiger partial charge is 0.343 e. The van der Waals surface area contributed by atoms with Crippen molar-refractivity contribution in [1.82, 2.24) is 4.98 Å². The zero-order valence-corrected chi connectivity index (χ0v) is 25.8. The molecule has 1 N–H and O–H groups in total. The van der Waals surface area contributed by atoms with Crippen LogP contribution in [0.5, 0.6) is 17.2 Å². The monoisotopic (exact) mass is 649 g/mol. The Hall–Kier alpha value is -6.14. The number of hydrogen-bond acceptors (Lipinski definition) is 12. The number of para-hydroxylation sites is 1. The normalized spacial score (nSPS) is 10.7. The first-order valence-electron chi connectivity index (χ1n) is 14.2. The average Bonchev–Trinajstić information content (AvgIpc) is 3.49. The molecule has 0 radical (unpaired) electrons. The molecule has 4 aromatic carbocycles. The molecule has 0 saturated carbocycles. The number of rotatable bonds is 12. The van der Waals surface area contributed by atoms with Crippen molar-refractivity contribution >= 4 is 56.8 Å². The summed E-state index contributed by atoms with van der Waals surface area (Å²) in [4.78, 5) is 52.6. The molecule has 12 heteroatoms. The number of ether oxygens (including phenoxy) is 4. The SMILES string of the molecule is C=CC(=O)Oc1ccc(C(=O)Oc2ccc(CCOC(=O)c3ccc(OC(C)=O)cc3)cc2/C=N/Nc2nc3ccccc3s2)cc1. The van der Waals surface area contributed by atoms with Crippen LogP contribution in [0.2, 0.25) is 0 Å². The number of nitrogens with zero attached hydrogens (tertiary/aromatic N) is 2. The van der Waals surface area contributed by atoms with E-state index in [-0.39, 0.29) is 23.7 Å². The quantitative estimate of drug-likeness (QED) is 0.0532. The summed E-state index contributed by atoms with van der Waals surface area (Å²) in [5.41, 5.74) is 5.57. The van der Waals surface area contributed by atoms with Gasteiger partial charge in [0.2, 0.25) is 5.13 Å². The Bertz CT molecular complexity index is 1930. The van der Waals surface area contributed by atoms with Gasteiger partial charge in [-0.3, -0.25) is 10.2 Å². The van der Waals surface area contributed by atoms with Crippen molar-refractivity contribution in [3.8, 4) is 17.2 Å². The summed E-state index contributed by atoms with van der Waals surface area (Å²) in [6, 6.07) is 24.8. The standard InChI is InChI=1S/C35H27N3O8S/c1-3-32(40)45-28-15-11-25(12-16-28)34(42)46-30-17-8-23(18-19-43-33(41)24-9-13-27(14-10-24)44-22(2)39)20-26(30)21-36-38-35-37-29-6-4-5-7-31(29)47-35/h3-17,20-21H,1,18-19H2,2H3,(H,37,38)/b36-21+. The van der Waals surface area contributed by atoms with E-state index in [1.807, 2.05) is 24.3 Å². The van der Waals surface area contributed by atoms with Crippen LogP contribution < -0.4 is 19.6 Å². The lowest BCUT2D eigenvalue weighted by Gasteiger charge is -2.11. The van der Waals surface area contributed by atoms with Crippen molar-refractivity contribution in [2.75, 3.05) is 12.0 Å². The summed E-state index contributed by atoms with van der Waals surface area (Å²) in [5, 5.41) is 4.90. The van der Waals surface area contributed by atoms with E-state index in [4.69, 9.17) is 18.9 Å². The van der Waals surface area contributed by atoms with Crippen molar-refractivity contribution in [3.63, 3.8) is 0 Å². The molecule has 5 rings (SSSR count). The molecule has 47 heavy (non-hydrogen) atoms. The van der Waals surface area contributed by atoms with Crippen LogP contribution in [0.1, 0.15) is 38.8 Å². The van der Waals surface area contributed by atoms with Crippen molar-refractivity contribution in [2.45, 2.75) is 13.3 Å². The van der Waals surface area contributed by atoms with Gasteiger partial charge in [-0.05, 0) is 78.4 Å². The summed E-state index contributed by atoms with van der Waals surface area (Å²) < 4.78 is 22.2. The maximum atomic E-state index is 13.0. The van der Waals surface area contributed by atoms with Gasteiger partial charge in [-0.15, -0.1) is 0 Å². The molecule has 0 aliphatic rings. The molecule has 0 saturated heterocycles. The summed E-state index contributed by atoms with van der Waals surface area (Å²) in [5.74, 6) is -1.43. The fourth-order valence-corrected chi connectivity index (χ4v) is 4.99. The topological polar surface area (TPSA) is 142 Å². The van der Waals surface area contributed by atoms with Crippen LogP contribution in [0.4, 0.5) is 5.13 Å². The van der Waals surface area contributed by atoms with E-state index >= 15 is 0 Å². The molecule has 0 bridgehead atoms. The number of thiazole rings is 1. The third kappa shape index (κ3) is 8.96. The number of benzene rings is 4. The second-order valence-corrected chi connectivity index (χ2v) is 10.8. The number of fused-ring (bicyclic) bond motifs is 1. The average molecular weight is 650 g/mol. The lowest BCUT2D eigenvalue weighted by Crippen LogP contribution is -2.11. The minimum Gasteiger partial charge on any atom is -0.462 e. The molecule has 1 heterocycles. The van der Waals surface area contributed by atoms with Crippen molar-refractivity contribution in [2.24, 2.45) is 5.10 Å². The highest BCUT2D eigenvalue weighted by atomic mass is 32.1. The molecular formula is C35H27N3O8S. The molecule has 0 atom stereocenters. The Kier molecular flexibility index (Phi) is 10.5. The van der Waals surface area contributed by atoms with Crippen LogP contribution in [-0.2, 0) is 20.7 Å². The number of anilines is 1. The molecule has 236 valence electrons. The van der Waals surface area contributed by atoms with Crippen LogP contribution in [0.15, 0.2) is 109 Å². The molecule has 11 nitrogen and oxygen atoms in total. The maximum Gasteiger partial charge on any atom is 0.343 e. The number of nitrogens with one attached hydrogen (secondary N) is 1. The zero-order chi connectivity index (χ0) is 33.2. The Morgan fingerprint density at radius 1 is 0.851 bits per heavy atom. The van der Waals surface area contributed by atoms with Crippen LogP contribution in [0, 0.1) is 0 Å². The summed E-state index contributed by atoms with van der Waals surface area (Å²) in [6.45, 7) is 4.73. The first-order chi connectivity index (χ1) is 22.8. The summed E-state index contributed by atoms with van der Waals surface area (Å²) >= 11 is 1.44. The molecule has 0 aliphatic carbocycles. The van der Waals surface area contributed by atoms with E-state index in [0.717, 1.165) is 21.9 Å². The van der Waals surface area contributed by atoms with Gasteiger partial charge < -0.3 is 18.9 Å². The predicted molar refractivity (Wildman–Crippen MR) is 176 cm³/mol. The van der Waals surface area contributed by atoms with Gasteiger partial charge in [0.15, 0.2) is 0 Å². The van der Waals surface area contributed by atoms with Crippen molar-refractivity contribution in [3.05, 3.63) is 126 Å². The lowest BCUT2D eigenvalue weighted by atomic mass is 10.1. The third-order valence-corrected chi connectivity index (χ3v) is 7.33. The highest BCUT2D eigenvalue weighted by molar-refractivity contribution is 7.22. The Morgan fingerprint density at radius 3 is 2.21 bits per heavy atom. The van der Waals surface area contributed by atoms with E-state index in [1.165, 1.54) is 73.0 Å². The van der Waals surface area contributed by atoms with Gasteiger partial charge >= 0.3 is 23.9 Å². The van der Waals surface area contributed by atoms with Crippen LogP contribution in [0.3, 0.4) is 0 Å². The number of hydrazone groups is 1.